The molecule has 1 fully saturated rings. The smallest absolute Gasteiger partial charge is 0.264 e. The van der Waals surface area contributed by atoms with E-state index < -0.39 is 0 Å². The highest BCUT2D eigenvalue weighted by molar-refractivity contribution is 8.18. The second-order valence-electron chi connectivity index (χ2n) is 7.11. The lowest BCUT2D eigenvalue weighted by molar-refractivity contribution is -0.115. The van der Waals surface area contributed by atoms with Crippen molar-refractivity contribution in [3.05, 3.63) is 93.3 Å². The normalized spacial score (nSPS) is 15.8. The standard InChI is InChI=1S/C25H21ClN2O3S/c1-16-7-10-19(11-8-16)27-25-28-24(29)23(32-25)14-17-9-12-21(22(13-17)30-2)31-15-18-5-3-4-6-20(18)26/h3-14H,15H2,1-2H3,(H,27,28,29)/b23-14-. The first-order valence-corrected chi connectivity index (χ1v) is 11.1. The molecule has 162 valence electrons. The van der Waals surface area contributed by atoms with E-state index in [9.17, 15) is 4.79 Å². The molecule has 1 amide bonds. The average Bonchev–Trinajstić information content (AvgIpc) is 3.13. The number of hydrogen-bond acceptors (Lipinski definition) is 5. The molecule has 1 heterocycles. The molecule has 0 spiro atoms. The van der Waals surface area contributed by atoms with E-state index in [0.29, 0.717) is 33.2 Å². The minimum atomic E-state index is -0.182. The molecule has 0 unspecified atom stereocenters. The monoisotopic (exact) mass is 464 g/mol. The van der Waals surface area contributed by atoms with Crippen molar-refractivity contribution in [2.24, 2.45) is 4.99 Å². The maximum atomic E-state index is 12.4. The van der Waals surface area contributed by atoms with Crippen molar-refractivity contribution in [2.45, 2.75) is 13.5 Å². The second-order valence-corrected chi connectivity index (χ2v) is 8.55. The highest BCUT2D eigenvalue weighted by Crippen LogP contribution is 2.33. The Labute approximate surface area is 196 Å². The molecule has 5 nitrogen and oxygen atoms in total. The van der Waals surface area contributed by atoms with E-state index >= 15 is 0 Å². The largest absolute Gasteiger partial charge is 0.493 e. The van der Waals surface area contributed by atoms with Gasteiger partial charge in [0.15, 0.2) is 16.7 Å². The van der Waals surface area contributed by atoms with Gasteiger partial charge < -0.3 is 14.8 Å². The molecular formula is C25H21ClN2O3S. The topological polar surface area (TPSA) is 59.9 Å². The molecule has 0 radical (unpaired) electrons. The van der Waals surface area contributed by atoms with Crippen LogP contribution in [0.3, 0.4) is 0 Å². The summed E-state index contributed by atoms with van der Waals surface area (Å²) in [6.45, 7) is 2.35. The van der Waals surface area contributed by atoms with E-state index in [1.54, 1.807) is 13.2 Å². The zero-order valence-corrected chi connectivity index (χ0v) is 19.2. The van der Waals surface area contributed by atoms with Gasteiger partial charge in [-0.3, -0.25) is 4.79 Å². The molecule has 0 aliphatic carbocycles. The quantitative estimate of drug-likeness (QED) is 0.446. The van der Waals surface area contributed by atoms with Crippen LogP contribution in [0.4, 0.5) is 5.69 Å². The Kier molecular flexibility index (Phi) is 6.83. The van der Waals surface area contributed by atoms with Gasteiger partial charge in [-0.2, -0.15) is 0 Å². The summed E-state index contributed by atoms with van der Waals surface area (Å²) >= 11 is 7.50. The van der Waals surface area contributed by atoms with E-state index in [4.69, 9.17) is 21.1 Å². The van der Waals surface area contributed by atoms with Gasteiger partial charge >= 0.3 is 0 Å². The van der Waals surface area contributed by atoms with E-state index in [1.807, 2.05) is 73.7 Å². The number of amides is 1. The minimum Gasteiger partial charge on any atom is -0.493 e. The third-order valence-electron chi connectivity index (χ3n) is 4.74. The summed E-state index contributed by atoms with van der Waals surface area (Å²) in [6, 6.07) is 20.9. The number of thioether (sulfide) groups is 1. The fourth-order valence-electron chi connectivity index (χ4n) is 3.03. The molecule has 1 aliphatic rings. The zero-order valence-electron chi connectivity index (χ0n) is 17.6. The molecule has 3 aromatic rings. The molecule has 1 aliphatic heterocycles. The number of amidine groups is 1. The van der Waals surface area contributed by atoms with Crippen molar-refractivity contribution in [1.82, 2.24) is 5.32 Å². The van der Waals surface area contributed by atoms with Gasteiger partial charge in [-0.1, -0.05) is 53.6 Å². The van der Waals surface area contributed by atoms with Gasteiger partial charge in [0.2, 0.25) is 0 Å². The van der Waals surface area contributed by atoms with Gasteiger partial charge in [0, 0.05) is 10.6 Å². The van der Waals surface area contributed by atoms with Crippen molar-refractivity contribution >= 4 is 46.2 Å². The van der Waals surface area contributed by atoms with Crippen LogP contribution in [0.1, 0.15) is 16.7 Å². The Morgan fingerprint density at radius 2 is 1.84 bits per heavy atom. The summed E-state index contributed by atoms with van der Waals surface area (Å²) < 4.78 is 11.4. The van der Waals surface area contributed by atoms with Crippen LogP contribution < -0.4 is 14.8 Å². The van der Waals surface area contributed by atoms with Gasteiger partial charge in [-0.15, -0.1) is 0 Å². The number of nitrogens with zero attached hydrogens (tertiary/aromatic N) is 1. The van der Waals surface area contributed by atoms with Crippen LogP contribution in [0.5, 0.6) is 11.5 Å². The highest BCUT2D eigenvalue weighted by atomic mass is 35.5. The first-order valence-electron chi connectivity index (χ1n) is 9.92. The van der Waals surface area contributed by atoms with Crippen LogP contribution in [0.25, 0.3) is 6.08 Å². The molecule has 32 heavy (non-hydrogen) atoms. The minimum absolute atomic E-state index is 0.182. The van der Waals surface area contributed by atoms with Crippen LogP contribution in [0.2, 0.25) is 5.02 Å². The van der Waals surface area contributed by atoms with Crippen LogP contribution in [0.15, 0.2) is 76.6 Å². The molecule has 0 aromatic heterocycles. The summed E-state index contributed by atoms with van der Waals surface area (Å²) in [5.74, 6) is 0.988. The number of rotatable bonds is 6. The number of nitrogens with one attached hydrogen (secondary N) is 1. The number of benzene rings is 3. The number of carbonyl (C=O) groups is 1. The lowest BCUT2D eigenvalue weighted by Gasteiger charge is -2.12. The van der Waals surface area contributed by atoms with E-state index in [-0.39, 0.29) is 5.91 Å². The Morgan fingerprint density at radius 1 is 1.06 bits per heavy atom. The van der Waals surface area contributed by atoms with Crippen molar-refractivity contribution in [2.75, 3.05) is 7.11 Å². The number of hydrogen-bond donors (Lipinski definition) is 1. The Hall–Kier alpha value is -3.22. The molecule has 4 rings (SSSR count). The third kappa shape index (κ3) is 5.33. The number of methoxy groups -OCH3 is 1. The number of carbonyl (C=O) groups excluding carboxylic acids is 1. The molecule has 1 saturated heterocycles. The van der Waals surface area contributed by atoms with Crippen molar-refractivity contribution in [3.8, 4) is 11.5 Å². The van der Waals surface area contributed by atoms with Crippen molar-refractivity contribution < 1.29 is 14.3 Å². The molecule has 0 atom stereocenters. The molecular weight excluding hydrogens is 444 g/mol. The van der Waals surface area contributed by atoms with Gasteiger partial charge in [0.25, 0.3) is 5.91 Å². The summed E-state index contributed by atoms with van der Waals surface area (Å²) in [6.07, 6.45) is 1.80. The second kappa shape index (κ2) is 9.94. The lowest BCUT2D eigenvalue weighted by Crippen LogP contribution is -2.19. The first-order chi connectivity index (χ1) is 15.5. The van der Waals surface area contributed by atoms with Gasteiger partial charge in [-0.05, 0) is 60.7 Å². The van der Waals surface area contributed by atoms with Crippen LogP contribution >= 0.6 is 23.4 Å². The average molecular weight is 465 g/mol. The van der Waals surface area contributed by atoms with Crippen molar-refractivity contribution in [3.63, 3.8) is 0 Å². The van der Waals surface area contributed by atoms with E-state index in [2.05, 4.69) is 10.3 Å². The highest BCUT2D eigenvalue weighted by Gasteiger charge is 2.24. The summed E-state index contributed by atoms with van der Waals surface area (Å²) in [7, 11) is 1.58. The Morgan fingerprint density at radius 3 is 2.59 bits per heavy atom. The first kappa shape index (κ1) is 22.0. The lowest BCUT2D eigenvalue weighted by atomic mass is 10.2. The van der Waals surface area contributed by atoms with Gasteiger partial charge in [0.05, 0.1) is 17.7 Å². The number of halogens is 1. The molecule has 3 aromatic carbocycles. The maximum absolute atomic E-state index is 12.4. The Bertz CT molecular complexity index is 1210. The molecule has 7 heteroatoms. The zero-order chi connectivity index (χ0) is 22.5. The Balaban J connectivity index is 1.49. The SMILES string of the molecule is COc1cc(/C=C2\SC(=Nc3ccc(C)cc3)NC2=O)ccc1OCc1ccccc1Cl. The van der Waals surface area contributed by atoms with Crippen LogP contribution in [0, 0.1) is 6.92 Å². The predicted molar refractivity (Wildman–Crippen MR) is 131 cm³/mol. The molecule has 1 N–H and O–H groups in total. The third-order valence-corrected chi connectivity index (χ3v) is 6.02. The number of ether oxygens (including phenoxy) is 2. The fraction of sp³-hybridized carbons (Fsp3) is 0.120. The fourth-order valence-corrected chi connectivity index (χ4v) is 4.06. The number of aryl methyl sites for hydroxylation is 1. The van der Waals surface area contributed by atoms with Crippen LogP contribution in [-0.2, 0) is 11.4 Å². The summed E-state index contributed by atoms with van der Waals surface area (Å²) in [5, 5.41) is 4.01. The van der Waals surface area contributed by atoms with Gasteiger partial charge in [0.1, 0.15) is 6.61 Å². The van der Waals surface area contributed by atoms with Crippen LogP contribution in [-0.4, -0.2) is 18.2 Å². The molecule has 0 saturated carbocycles. The molecule has 0 bridgehead atoms. The van der Waals surface area contributed by atoms with Crippen molar-refractivity contribution in [1.29, 1.82) is 0 Å². The summed E-state index contributed by atoms with van der Waals surface area (Å²) in [5.41, 5.74) is 3.66. The van der Waals surface area contributed by atoms with E-state index in [1.165, 1.54) is 11.8 Å². The maximum Gasteiger partial charge on any atom is 0.264 e. The van der Waals surface area contributed by atoms with Gasteiger partial charge in [-0.25, -0.2) is 4.99 Å². The van der Waals surface area contributed by atoms with E-state index in [0.717, 1.165) is 22.4 Å². The number of aliphatic imine (C=N–C) groups is 1. The summed E-state index contributed by atoms with van der Waals surface area (Å²) in [4.78, 5) is 17.5. The predicted octanol–water partition coefficient (Wildman–Crippen LogP) is 6.13.